The zero-order chi connectivity index (χ0) is 10.7. The van der Waals surface area contributed by atoms with Crippen molar-refractivity contribution in [2.24, 2.45) is 5.73 Å². The number of rotatable bonds is 3. The standard InChI is InChI=1S/C11H19N3/c1-8(9(2)12)10-5-6-11(13-7-10)14(3)4/h5-9H,12H2,1-4H3. The average Bonchev–Trinajstić information content (AvgIpc) is 2.16. The number of aromatic nitrogens is 1. The summed E-state index contributed by atoms with van der Waals surface area (Å²) in [5.74, 6) is 1.34. The van der Waals surface area contributed by atoms with Crippen LogP contribution in [0.3, 0.4) is 0 Å². The SMILES string of the molecule is CC(N)C(C)c1ccc(N(C)C)nc1. The molecule has 78 valence electrons. The maximum Gasteiger partial charge on any atom is 0.127 e. The summed E-state index contributed by atoms with van der Waals surface area (Å²) in [6, 6.07) is 4.28. The Morgan fingerprint density at radius 1 is 1.29 bits per heavy atom. The molecule has 1 rings (SSSR count). The van der Waals surface area contributed by atoms with E-state index in [0.29, 0.717) is 5.92 Å². The Labute approximate surface area is 85.9 Å². The monoisotopic (exact) mass is 193 g/mol. The third-order valence-corrected chi connectivity index (χ3v) is 2.54. The van der Waals surface area contributed by atoms with Gasteiger partial charge >= 0.3 is 0 Å². The fourth-order valence-electron chi connectivity index (χ4n) is 1.23. The minimum absolute atomic E-state index is 0.169. The van der Waals surface area contributed by atoms with Crippen molar-refractivity contribution in [2.45, 2.75) is 25.8 Å². The van der Waals surface area contributed by atoms with Gasteiger partial charge in [0.05, 0.1) is 0 Å². The Morgan fingerprint density at radius 3 is 2.29 bits per heavy atom. The molecule has 0 amide bonds. The third-order valence-electron chi connectivity index (χ3n) is 2.54. The largest absolute Gasteiger partial charge is 0.363 e. The van der Waals surface area contributed by atoms with Crippen molar-refractivity contribution in [2.75, 3.05) is 19.0 Å². The van der Waals surface area contributed by atoms with Crippen LogP contribution in [0.2, 0.25) is 0 Å². The summed E-state index contributed by atoms with van der Waals surface area (Å²) in [6.07, 6.45) is 1.91. The van der Waals surface area contributed by atoms with Crippen molar-refractivity contribution in [3.05, 3.63) is 23.9 Å². The molecule has 0 saturated carbocycles. The van der Waals surface area contributed by atoms with Gasteiger partial charge in [-0.15, -0.1) is 0 Å². The predicted octanol–water partition coefficient (Wildman–Crippen LogP) is 1.60. The molecule has 0 aliphatic heterocycles. The zero-order valence-electron chi connectivity index (χ0n) is 9.36. The highest BCUT2D eigenvalue weighted by molar-refractivity contribution is 5.37. The van der Waals surface area contributed by atoms with Crippen LogP contribution < -0.4 is 10.6 Å². The first-order valence-corrected chi connectivity index (χ1v) is 4.91. The Kier molecular flexibility index (Phi) is 3.47. The summed E-state index contributed by atoms with van der Waals surface area (Å²) < 4.78 is 0. The molecule has 3 nitrogen and oxygen atoms in total. The lowest BCUT2D eigenvalue weighted by Gasteiger charge is -2.17. The number of nitrogens with two attached hydrogens (primary N) is 1. The molecular formula is C11H19N3. The van der Waals surface area contributed by atoms with E-state index in [1.165, 1.54) is 5.56 Å². The molecule has 0 spiro atoms. The summed E-state index contributed by atoms with van der Waals surface area (Å²) in [7, 11) is 3.97. The van der Waals surface area contributed by atoms with E-state index in [1.807, 2.05) is 38.2 Å². The topological polar surface area (TPSA) is 42.1 Å². The maximum absolute atomic E-state index is 5.83. The molecule has 0 aliphatic rings. The molecule has 1 heterocycles. The van der Waals surface area contributed by atoms with Crippen LogP contribution in [0.1, 0.15) is 25.3 Å². The lowest BCUT2D eigenvalue weighted by Crippen LogP contribution is -2.22. The summed E-state index contributed by atoms with van der Waals surface area (Å²) in [6.45, 7) is 4.14. The van der Waals surface area contributed by atoms with Gasteiger partial charge in [0.2, 0.25) is 0 Å². The summed E-state index contributed by atoms with van der Waals surface area (Å²) in [4.78, 5) is 6.34. The Balaban J connectivity index is 2.83. The van der Waals surface area contributed by atoms with Gasteiger partial charge in [-0.3, -0.25) is 0 Å². The molecule has 0 saturated heterocycles. The lowest BCUT2D eigenvalue weighted by molar-refractivity contribution is 0.611. The fourth-order valence-corrected chi connectivity index (χ4v) is 1.23. The highest BCUT2D eigenvalue weighted by Gasteiger charge is 2.10. The Hall–Kier alpha value is -1.09. The van der Waals surface area contributed by atoms with Crippen molar-refractivity contribution in [3.63, 3.8) is 0 Å². The van der Waals surface area contributed by atoms with E-state index in [2.05, 4.69) is 18.0 Å². The number of hydrogen-bond donors (Lipinski definition) is 1. The van der Waals surface area contributed by atoms with Crippen LogP contribution in [0, 0.1) is 0 Å². The van der Waals surface area contributed by atoms with E-state index in [9.17, 15) is 0 Å². The van der Waals surface area contributed by atoms with Gasteiger partial charge < -0.3 is 10.6 Å². The summed E-state index contributed by atoms with van der Waals surface area (Å²) in [5, 5.41) is 0. The smallest absolute Gasteiger partial charge is 0.127 e. The molecule has 2 atom stereocenters. The molecule has 0 aliphatic carbocycles. The van der Waals surface area contributed by atoms with Gasteiger partial charge in [-0.25, -0.2) is 4.98 Å². The van der Waals surface area contributed by atoms with E-state index in [-0.39, 0.29) is 6.04 Å². The normalized spacial score (nSPS) is 14.9. The second kappa shape index (κ2) is 4.42. The molecule has 2 N–H and O–H groups in total. The quantitative estimate of drug-likeness (QED) is 0.792. The van der Waals surface area contributed by atoms with E-state index in [0.717, 1.165) is 5.82 Å². The molecule has 1 aromatic heterocycles. The number of nitrogens with zero attached hydrogens (tertiary/aromatic N) is 2. The van der Waals surface area contributed by atoms with Crippen molar-refractivity contribution in [3.8, 4) is 0 Å². The van der Waals surface area contributed by atoms with Crippen molar-refractivity contribution in [1.29, 1.82) is 0 Å². The molecule has 1 aromatic rings. The van der Waals surface area contributed by atoms with Gasteiger partial charge in [-0.05, 0) is 24.5 Å². The highest BCUT2D eigenvalue weighted by Crippen LogP contribution is 2.18. The predicted molar refractivity (Wildman–Crippen MR) is 60.6 cm³/mol. The number of hydrogen-bond acceptors (Lipinski definition) is 3. The lowest BCUT2D eigenvalue weighted by atomic mass is 9.97. The fraction of sp³-hybridized carbons (Fsp3) is 0.545. The van der Waals surface area contributed by atoms with Gasteiger partial charge in [0, 0.05) is 26.3 Å². The molecule has 3 heteroatoms. The van der Waals surface area contributed by atoms with Crippen LogP contribution in [0.5, 0.6) is 0 Å². The van der Waals surface area contributed by atoms with Crippen LogP contribution in [-0.4, -0.2) is 25.1 Å². The first-order valence-electron chi connectivity index (χ1n) is 4.91. The van der Waals surface area contributed by atoms with E-state index in [4.69, 9.17) is 5.73 Å². The Bertz CT molecular complexity index is 277. The van der Waals surface area contributed by atoms with Gasteiger partial charge in [0.15, 0.2) is 0 Å². The van der Waals surface area contributed by atoms with Crippen molar-refractivity contribution >= 4 is 5.82 Å². The van der Waals surface area contributed by atoms with E-state index in [1.54, 1.807) is 0 Å². The molecular weight excluding hydrogens is 174 g/mol. The van der Waals surface area contributed by atoms with Crippen LogP contribution in [-0.2, 0) is 0 Å². The van der Waals surface area contributed by atoms with Gasteiger partial charge in [0.1, 0.15) is 5.82 Å². The first kappa shape index (κ1) is 11.0. The second-order valence-corrected chi connectivity index (χ2v) is 3.99. The molecule has 0 fully saturated rings. The minimum Gasteiger partial charge on any atom is -0.363 e. The third kappa shape index (κ3) is 2.45. The van der Waals surface area contributed by atoms with Crippen LogP contribution in [0.25, 0.3) is 0 Å². The van der Waals surface area contributed by atoms with Crippen molar-refractivity contribution in [1.82, 2.24) is 4.98 Å². The Morgan fingerprint density at radius 2 is 1.93 bits per heavy atom. The zero-order valence-corrected chi connectivity index (χ0v) is 9.36. The molecule has 2 unspecified atom stereocenters. The number of anilines is 1. The first-order chi connectivity index (χ1) is 6.52. The second-order valence-electron chi connectivity index (χ2n) is 3.99. The highest BCUT2D eigenvalue weighted by atomic mass is 15.1. The molecule has 0 radical (unpaired) electrons. The van der Waals surface area contributed by atoms with Crippen LogP contribution >= 0.6 is 0 Å². The average molecular weight is 193 g/mol. The van der Waals surface area contributed by atoms with Gasteiger partial charge in [-0.1, -0.05) is 13.0 Å². The molecule has 14 heavy (non-hydrogen) atoms. The molecule has 0 aromatic carbocycles. The van der Waals surface area contributed by atoms with Crippen molar-refractivity contribution < 1.29 is 0 Å². The van der Waals surface area contributed by atoms with Crippen LogP contribution in [0.15, 0.2) is 18.3 Å². The van der Waals surface area contributed by atoms with Gasteiger partial charge in [-0.2, -0.15) is 0 Å². The number of pyridine rings is 1. The molecule has 0 bridgehead atoms. The maximum atomic E-state index is 5.83. The summed E-state index contributed by atoms with van der Waals surface area (Å²) in [5.41, 5.74) is 7.03. The van der Waals surface area contributed by atoms with E-state index < -0.39 is 0 Å². The summed E-state index contributed by atoms with van der Waals surface area (Å²) >= 11 is 0. The van der Waals surface area contributed by atoms with Gasteiger partial charge in [0.25, 0.3) is 0 Å². The van der Waals surface area contributed by atoms with Crippen LogP contribution in [0.4, 0.5) is 5.82 Å². The van der Waals surface area contributed by atoms with E-state index >= 15 is 0 Å². The minimum atomic E-state index is 0.169.